The van der Waals surface area contributed by atoms with Gasteiger partial charge in [0.2, 0.25) is 0 Å². The summed E-state index contributed by atoms with van der Waals surface area (Å²) in [5.74, 6) is 0.936. The number of hydrogen-bond donors (Lipinski definition) is 2. The summed E-state index contributed by atoms with van der Waals surface area (Å²) in [5, 5.41) is 11.9. The van der Waals surface area contributed by atoms with Crippen molar-refractivity contribution in [1.82, 2.24) is 10.3 Å². The molecular weight excluding hydrogens is 224 g/mol. The first-order valence-corrected chi connectivity index (χ1v) is 6.54. The van der Waals surface area contributed by atoms with Gasteiger partial charge >= 0.3 is 0 Å². The van der Waals surface area contributed by atoms with E-state index in [2.05, 4.69) is 16.6 Å². The Hall–Kier alpha value is -1.23. The van der Waals surface area contributed by atoms with Crippen LogP contribution in [0.25, 0.3) is 0 Å². The number of unbranched alkanes of at least 4 members (excludes halogenated alkanes) is 1. The van der Waals surface area contributed by atoms with Gasteiger partial charge in [-0.05, 0) is 30.9 Å². The van der Waals surface area contributed by atoms with E-state index in [4.69, 9.17) is 5.11 Å². The first-order chi connectivity index (χ1) is 7.74. The lowest BCUT2D eigenvalue weighted by Crippen LogP contribution is -2.24. The van der Waals surface area contributed by atoms with E-state index in [1.165, 1.54) is 18.5 Å². The zero-order valence-corrected chi connectivity index (χ0v) is 10.1. The Morgan fingerprint density at radius 3 is 3.00 bits per heavy atom. The van der Waals surface area contributed by atoms with Crippen molar-refractivity contribution in [2.24, 2.45) is 0 Å². The molecule has 2 N–H and O–H groups in total. The molecule has 16 heavy (non-hydrogen) atoms. The second-order valence-electron chi connectivity index (χ2n) is 3.39. The third kappa shape index (κ3) is 4.53. The predicted octanol–water partition coefficient (Wildman–Crippen LogP) is 1.66. The highest BCUT2D eigenvalue weighted by atomic mass is 32.2. The van der Waals surface area contributed by atoms with Gasteiger partial charge in [-0.25, -0.2) is 0 Å². The molecule has 4 nitrogen and oxygen atoms in total. The maximum atomic E-state index is 11.6. The van der Waals surface area contributed by atoms with Crippen LogP contribution in [0.5, 0.6) is 5.75 Å². The van der Waals surface area contributed by atoms with E-state index in [-0.39, 0.29) is 11.7 Å². The molecule has 1 aromatic heterocycles. The smallest absolute Gasteiger partial charge is 0.252 e. The number of aromatic hydroxyl groups is 1. The molecule has 0 aliphatic carbocycles. The Morgan fingerprint density at radius 2 is 2.31 bits per heavy atom. The second kappa shape index (κ2) is 7.11. The molecule has 5 heteroatoms. The molecule has 1 aromatic rings. The Bertz CT molecular complexity index is 345. The maximum Gasteiger partial charge on any atom is 0.252 e. The van der Waals surface area contributed by atoms with Crippen LogP contribution in [-0.2, 0) is 0 Å². The second-order valence-corrected chi connectivity index (χ2v) is 4.37. The Balaban J connectivity index is 2.30. The minimum Gasteiger partial charge on any atom is -0.506 e. The van der Waals surface area contributed by atoms with Crippen LogP contribution in [0.4, 0.5) is 0 Å². The van der Waals surface area contributed by atoms with Crippen LogP contribution in [0, 0.1) is 0 Å². The van der Waals surface area contributed by atoms with Gasteiger partial charge in [0.25, 0.3) is 5.91 Å². The monoisotopic (exact) mass is 240 g/mol. The lowest BCUT2D eigenvalue weighted by molar-refractivity contribution is 0.0952. The highest BCUT2D eigenvalue weighted by Gasteiger charge is 2.05. The number of rotatable bonds is 6. The fraction of sp³-hybridized carbons (Fsp3) is 0.455. The molecule has 0 unspecified atom stereocenters. The number of aromatic nitrogens is 1. The lowest BCUT2D eigenvalue weighted by atomic mass is 10.2. The number of nitrogens with one attached hydrogen (secondary N) is 1. The number of amides is 1. The van der Waals surface area contributed by atoms with Gasteiger partial charge in [-0.3, -0.25) is 9.78 Å². The summed E-state index contributed by atoms with van der Waals surface area (Å²) in [4.78, 5) is 15.3. The molecule has 0 atom stereocenters. The van der Waals surface area contributed by atoms with E-state index < -0.39 is 0 Å². The van der Waals surface area contributed by atoms with Crippen molar-refractivity contribution in [2.45, 2.75) is 12.8 Å². The van der Waals surface area contributed by atoms with Crippen LogP contribution in [0.15, 0.2) is 18.5 Å². The average Bonchev–Trinajstić information content (AvgIpc) is 2.28. The van der Waals surface area contributed by atoms with Crippen LogP contribution in [0.2, 0.25) is 0 Å². The lowest BCUT2D eigenvalue weighted by Gasteiger charge is -2.04. The van der Waals surface area contributed by atoms with Gasteiger partial charge in [0.05, 0.1) is 11.8 Å². The van der Waals surface area contributed by atoms with Crippen LogP contribution in [0.1, 0.15) is 23.2 Å². The van der Waals surface area contributed by atoms with Crippen molar-refractivity contribution < 1.29 is 9.90 Å². The number of carbonyl (C=O) groups is 1. The Morgan fingerprint density at radius 1 is 1.50 bits per heavy atom. The maximum absolute atomic E-state index is 11.6. The fourth-order valence-electron chi connectivity index (χ4n) is 1.23. The van der Waals surface area contributed by atoms with Gasteiger partial charge in [0.15, 0.2) is 0 Å². The van der Waals surface area contributed by atoms with Crippen LogP contribution in [0.3, 0.4) is 0 Å². The van der Waals surface area contributed by atoms with Gasteiger partial charge in [-0.2, -0.15) is 11.8 Å². The molecule has 0 bridgehead atoms. The van der Waals surface area contributed by atoms with Crippen molar-refractivity contribution in [3.63, 3.8) is 0 Å². The van der Waals surface area contributed by atoms with Crippen molar-refractivity contribution in [3.8, 4) is 5.75 Å². The number of thioether (sulfide) groups is 1. The molecule has 1 amide bonds. The number of pyridine rings is 1. The zero-order valence-electron chi connectivity index (χ0n) is 9.27. The van der Waals surface area contributed by atoms with E-state index in [9.17, 15) is 4.79 Å². The topological polar surface area (TPSA) is 62.2 Å². The number of carbonyl (C=O) groups excluding carboxylic acids is 1. The highest BCUT2D eigenvalue weighted by molar-refractivity contribution is 7.98. The summed E-state index contributed by atoms with van der Waals surface area (Å²) in [6.07, 6.45) is 6.88. The van der Waals surface area contributed by atoms with Crippen LogP contribution >= 0.6 is 11.8 Å². The van der Waals surface area contributed by atoms with Crippen molar-refractivity contribution in [1.29, 1.82) is 0 Å². The Kier molecular flexibility index (Phi) is 5.71. The van der Waals surface area contributed by atoms with Gasteiger partial charge in [-0.1, -0.05) is 0 Å². The van der Waals surface area contributed by atoms with Crippen molar-refractivity contribution in [2.75, 3.05) is 18.6 Å². The average molecular weight is 240 g/mol. The molecule has 0 radical (unpaired) electrons. The molecule has 1 heterocycles. The van der Waals surface area contributed by atoms with Crippen molar-refractivity contribution >= 4 is 17.7 Å². The first-order valence-electron chi connectivity index (χ1n) is 5.15. The zero-order chi connectivity index (χ0) is 11.8. The van der Waals surface area contributed by atoms with E-state index in [0.29, 0.717) is 12.1 Å². The van der Waals surface area contributed by atoms with Gasteiger partial charge in [0, 0.05) is 12.7 Å². The first kappa shape index (κ1) is 12.8. The number of nitrogens with zero attached hydrogens (tertiary/aromatic N) is 1. The highest BCUT2D eigenvalue weighted by Crippen LogP contribution is 2.08. The summed E-state index contributed by atoms with van der Waals surface area (Å²) < 4.78 is 0. The molecule has 0 fully saturated rings. The van der Waals surface area contributed by atoms with E-state index in [1.54, 1.807) is 11.8 Å². The largest absolute Gasteiger partial charge is 0.506 e. The standard InChI is InChI=1S/C11H16N2O2S/c1-16-5-3-2-4-13-11(15)9-6-10(14)8-12-7-9/h6-8,14H,2-5H2,1H3,(H,13,15). The summed E-state index contributed by atoms with van der Waals surface area (Å²) in [7, 11) is 0. The molecule has 0 aromatic carbocycles. The quantitative estimate of drug-likeness (QED) is 0.742. The molecule has 0 saturated carbocycles. The SMILES string of the molecule is CSCCCCNC(=O)c1cncc(O)c1. The van der Waals surface area contributed by atoms with Crippen LogP contribution < -0.4 is 5.32 Å². The minimum absolute atomic E-state index is 0.00929. The van der Waals surface area contributed by atoms with E-state index >= 15 is 0 Å². The molecule has 0 saturated heterocycles. The third-order valence-corrected chi connectivity index (χ3v) is 2.74. The van der Waals surface area contributed by atoms with Gasteiger partial charge in [0.1, 0.15) is 5.75 Å². The minimum atomic E-state index is -0.187. The summed E-state index contributed by atoms with van der Waals surface area (Å²) in [6, 6.07) is 1.41. The molecular formula is C11H16N2O2S. The molecule has 0 spiro atoms. The van der Waals surface area contributed by atoms with Crippen LogP contribution in [-0.4, -0.2) is 34.6 Å². The number of hydrogen-bond acceptors (Lipinski definition) is 4. The molecule has 0 aliphatic heterocycles. The van der Waals surface area contributed by atoms with E-state index in [1.807, 2.05) is 0 Å². The molecule has 88 valence electrons. The predicted molar refractivity (Wildman–Crippen MR) is 65.9 cm³/mol. The van der Waals surface area contributed by atoms with Gasteiger partial charge < -0.3 is 10.4 Å². The normalized spacial score (nSPS) is 10.1. The molecule has 1 rings (SSSR count). The van der Waals surface area contributed by atoms with E-state index in [0.717, 1.165) is 18.6 Å². The molecule has 0 aliphatic rings. The summed E-state index contributed by atoms with van der Waals surface area (Å²) in [5.41, 5.74) is 0.393. The fourth-order valence-corrected chi connectivity index (χ4v) is 1.72. The van der Waals surface area contributed by atoms with Crippen molar-refractivity contribution in [3.05, 3.63) is 24.0 Å². The third-order valence-electron chi connectivity index (χ3n) is 2.05. The summed E-state index contributed by atoms with van der Waals surface area (Å²) >= 11 is 1.80. The van der Waals surface area contributed by atoms with Gasteiger partial charge in [-0.15, -0.1) is 0 Å². The Labute approximate surface area is 99.5 Å². The summed E-state index contributed by atoms with van der Waals surface area (Å²) in [6.45, 7) is 0.662.